The molecule has 0 aliphatic carbocycles. The molecule has 0 bridgehead atoms. The molecular formula is C18H25N5O3. The van der Waals surface area contributed by atoms with Crippen LogP contribution in [0.5, 0.6) is 0 Å². The van der Waals surface area contributed by atoms with Gasteiger partial charge >= 0.3 is 0 Å². The van der Waals surface area contributed by atoms with Crippen molar-refractivity contribution in [2.75, 3.05) is 27.7 Å². The lowest BCUT2D eigenvalue weighted by molar-refractivity contribution is 0.0714. The molecule has 1 amide bonds. The summed E-state index contributed by atoms with van der Waals surface area (Å²) >= 11 is 0. The third-order valence-electron chi connectivity index (χ3n) is 4.50. The van der Waals surface area contributed by atoms with Crippen LogP contribution in [0.2, 0.25) is 0 Å². The van der Waals surface area contributed by atoms with Gasteiger partial charge in [-0.15, -0.1) is 0 Å². The largest absolute Gasteiger partial charge is 0.380 e. The molecule has 2 aromatic rings. The summed E-state index contributed by atoms with van der Waals surface area (Å²) in [7, 11) is 5.58. The second kappa shape index (κ2) is 7.92. The molecule has 0 spiro atoms. The first kappa shape index (κ1) is 18.5. The molecule has 8 nitrogen and oxygen atoms in total. The Labute approximate surface area is 153 Å². The van der Waals surface area contributed by atoms with Crippen LogP contribution in [0.15, 0.2) is 16.8 Å². The number of ether oxygens (including phenoxy) is 1. The van der Waals surface area contributed by atoms with Crippen molar-refractivity contribution in [2.45, 2.75) is 39.0 Å². The van der Waals surface area contributed by atoms with Crippen molar-refractivity contribution in [1.29, 1.82) is 0 Å². The fourth-order valence-electron chi connectivity index (χ4n) is 3.27. The highest BCUT2D eigenvalue weighted by Gasteiger charge is 2.35. The van der Waals surface area contributed by atoms with E-state index in [0.717, 1.165) is 25.1 Å². The van der Waals surface area contributed by atoms with Crippen LogP contribution < -0.4 is 0 Å². The molecule has 140 valence electrons. The van der Waals surface area contributed by atoms with E-state index in [2.05, 4.69) is 20.0 Å². The van der Waals surface area contributed by atoms with Crippen molar-refractivity contribution in [3.63, 3.8) is 0 Å². The summed E-state index contributed by atoms with van der Waals surface area (Å²) in [6.45, 7) is 3.47. The molecule has 1 fully saturated rings. The summed E-state index contributed by atoms with van der Waals surface area (Å²) < 4.78 is 10.4. The van der Waals surface area contributed by atoms with E-state index in [9.17, 15) is 4.79 Å². The van der Waals surface area contributed by atoms with Gasteiger partial charge in [0.15, 0.2) is 11.5 Å². The predicted molar refractivity (Wildman–Crippen MR) is 94.4 cm³/mol. The van der Waals surface area contributed by atoms with Gasteiger partial charge in [0.25, 0.3) is 5.91 Å². The van der Waals surface area contributed by atoms with E-state index < -0.39 is 0 Å². The number of aryl methyl sites for hydroxylation is 1. The third kappa shape index (κ3) is 3.76. The first-order valence-corrected chi connectivity index (χ1v) is 8.73. The van der Waals surface area contributed by atoms with Gasteiger partial charge in [-0.05, 0) is 39.9 Å². The molecule has 1 aliphatic heterocycles. The van der Waals surface area contributed by atoms with E-state index in [1.165, 1.54) is 0 Å². The van der Waals surface area contributed by atoms with Gasteiger partial charge in [0.05, 0.1) is 23.9 Å². The maximum Gasteiger partial charge on any atom is 0.277 e. The lowest BCUT2D eigenvalue weighted by Gasteiger charge is -2.23. The number of amides is 1. The molecule has 2 aromatic heterocycles. The maximum atomic E-state index is 13.1. The van der Waals surface area contributed by atoms with Crippen LogP contribution in [0.4, 0.5) is 0 Å². The highest BCUT2D eigenvalue weighted by atomic mass is 16.5. The number of likely N-dealkylation sites (tertiary alicyclic amines) is 1. The monoisotopic (exact) mass is 359 g/mol. The van der Waals surface area contributed by atoms with Crippen molar-refractivity contribution in [3.8, 4) is 0 Å². The molecule has 26 heavy (non-hydrogen) atoms. The lowest BCUT2D eigenvalue weighted by Crippen LogP contribution is -2.32. The summed E-state index contributed by atoms with van der Waals surface area (Å²) in [4.78, 5) is 26.0. The van der Waals surface area contributed by atoms with Crippen LogP contribution in [0.1, 0.15) is 52.2 Å². The van der Waals surface area contributed by atoms with Crippen LogP contribution in [0.25, 0.3) is 0 Å². The minimum absolute atomic E-state index is 0.142. The van der Waals surface area contributed by atoms with Gasteiger partial charge in [0.1, 0.15) is 5.76 Å². The highest BCUT2D eigenvalue weighted by molar-refractivity contribution is 5.94. The van der Waals surface area contributed by atoms with Gasteiger partial charge in [0.2, 0.25) is 0 Å². The van der Waals surface area contributed by atoms with Gasteiger partial charge in [-0.1, -0.05) is 5.16 Å². The standard InChI is InChI=1S/C18H25N5O3/c1-12-14(11-25-4)16(21-26-12)18(24)23-9-5-6-15(23)17-19-8-7-13(20-17)10-22(2)3/h7-8,15H,5-6,9-11H2,1-4H3/t15-/m0/s1. The van der Waals surface area contributed by atoms with E-state index in [1.54, 1.807) is 25.1 Å². The van der Waals surface area contributed by atoms with Crippen LogP contribution in [-0.4, -0.2) is 58.6 Å². The minimum Gasteiger partial charge on any atom is -0.380 e. The quantitative estimate of drug-likeness (QED) is 0.779. The number of hydrogen-bond donors (Lipinski definition) is 0. The average molecular weight is 359 g/mol. The number of nitrogens with zero attached hydrogens (tertiary/aromatic N) is 5. The molecule has 1 aliphatic rings. The molecule has 0 saturated carbocycles. The molecule has 8 heteroatoms. The number of carbonyl (C=O) groups is 1. The van der Waals surface area contributed by atoms with Gasteiger partial charge in [-0.3, -0.25) is 4.79 Å². The zero-order valence-corrected chi connectivity index (χ0v) is 15.7. The summed E-state index contributed by atoms with van der Waals surface area (Å²) in [6, 6.07) is 1.76. The number of hydrogen-bond acceptors (Lipinski definition) is 7. The van der Waals surface area contributed by atoms with Crippen molar-refractivity contribution in [3.05, 3.63) is 40.8 Å². The number of aromatic nitrogens is 3. The summed E-state index contributed by atoms with van der Waals surface area (Å²) in [5, 5.41) is 3.97. The Hall–Kier alpha value is -2.32. The van der Waals surface area contributed by atoms with E-state index >= 15 is 0 Å². The fraction of sp³-hybridized carbons (Fsp3) is 0.556. The summed E-state index contributed by atoms with van der Waals surface area (Å²) in [5.74, 6) is 1.14. The summed E-state index contributed by atoms with van der Waals surface area (Å²) in [5.41, 5.74) is 1.96. The Balaban J connectivity index is 1.85. The number of methoxy groups -OCH3 is 1. The van der Waals surface area contributed by atoms with Crippen molar-refractivity contribution in [2.24, 2.45) is 0 Å². The Morgan fingerprint density at radius 3 is 3.00 bits per heavy atom. The Morgan fingerprint density at radius 1 is 1.46 bits per heavy atom. The zero-order valence-electron chi connectivity index (χ0n) is 15.7. The smallest absolute Gasteiger partial charge is 0.277 e. The Kier molecular flexibility index (Phi) is 5.63. The molecule has 0 unspecified atom stereocenters. The first-order chi connectivity index (χ1) is 12.5. The third-order valence-corrected chi connectivity index (χ3v) is 4.50. The SMILES string of the molecule is COCc1c(C(=O)N2CCC[C@H]2c2nccc(CN(C)C)n2)noc1C. The Bertz CT molecular complexity index is 774. The molecule has 3 rings (SSSR count). The van der Waals surface area contributed by atoms with E-state index in [-0.39, 0.29) is 11.9 Å². The summed E-state index contributed by atoms with van der Waals surface area (Å²) in [6.07, 6.45) is 3.51. The minimum atomic E-state index is -0.155. The van der Waals surface area contributed by atoms with Crippen LogP contribution >= 0.6 is 0 Å². The molecular weight excluding hydrogens is 334 g/mol. The average Bonchev–Trinajstić information content (AvgIpc) is 3.22. The van der Waals surface area contributed by atoms with Crippen LogP contribution in [0, 0.1) is 6.92 Å². The van der Waals surface area contributed by atoms with Gasteiger partial charge in [-0.2, -0.15) is 0 Å². The van der Waals surface area contributed by atoms with Gasteiger partial charge in [0, 0.05) is 26.4 Å². The number of rotatable bonds is 6. The topological polar surface area (TPSA) is 84.6 Å². The second-order valence-electron chi connectivity index (χ2n) is 6.80. The van der Waals surface area contributed by atoms with Crippen molar-refractivity contribution >= 4 is 5.91 Å². The maximum absolute atomic E-state index is 13.1. The van der Waals surface area contributed by atoms with E-state index in [4.69, 9.17) is 9.26 Å². The van der Waals surface area contributed by atoms with E-state index in [1.807, 2.05) is 20.2 Å². The van der Waals surface area contributed by atoms with Crippen LogP contribution in [-0.2, 0) is 17.9 Å². The molecule has 0 radical (unpaired) electrons. The predicted octanol–water partition coefficient (Wildman–Crippen LogP) is 1.96. The Morgan fingerprint density at radius 2 is 2.27 bits per heavy atom. The number of carbonyl (C=O) groups excluding carboxylic acids is 1. The van der Waals surface area contributed by atoms with Crippen molar-refractivity contribution in [1.82, 2.24) is 24.9 Å². The van der Waals surface area contributed by atoms with Crippen molar-refractivity contribution < 1.29 is 14.1 Å². The normalized spacial score (nSPS) is 17.3. The highest BCUT2D eigenvalue weighted by Crippen LogP contribution is 2.32. The zero-order chi connectivity index (χ0) is 18.7. The first-order valence-electron chi connectivity index (χ1n) is 8.73. The molecule has 0 N–H and O–H groups in total. The molecule has 1 atom stereocenters. The lowest BCUT2D eigenvalue weighted by atomic mass is 10.1. The van der Waals surface area contributed by atoms with Gasteiger partial charge < -0.3 is 19.1 Å². The van der Waals surface area contributed by atoms with E-state index in [0.29, 0.717) is 36.0 Å². The van der Waals surface area contributed by atoms with Crippen LogP contribution in [0.3, 0.4) is 0 Å². The molecule has 0 aromatic carbocycles. The molecule has 3 heterocycles. The second-order valence-corrected chi connectivity index (χ2v) is 6.80. The molecule has 1 saturated heterocycles. The fourth-order valence-corrected chi connectivity index (χ4v) is 3.27. The van der Waals surface area contributed by atoms with Gasteiger partial charge in [-0.25, -0.2) is 9.97 Å².